The molecule has 1 aliphatic heterocycles. The molecular formula is C25H28N4O4. The lowest BCUT2D eigenvalue weighted by atomic mass is 10.0. The highest BCUT2D eigenvalue weighted by Crippen LogP contribution is 2.35. The molecule has 0 bridgehead atoms. The van der Waals surface area contributed by atoms with E-state index in [9.17, 15) is 4.79 Å². The lowest BCUT2D eigenvalue weighted by Gasteiger charge is -2.29. The van der Waals surface area contributed by atoms with Crippen LogP contribution in [-0.4, -0.2) is 59.1 Å². The smallest absolute Gasteiger partial charge is 0.410 e. The number of aromatic nitrogens is 3. The number of methoxy groups -OCH3 is 2. The highest BCUT2D eigenvalue weighted by Gasteiger charge is 2.24. The Labute approximate surface area is 193 Å². The number of carbonyl (C=O) groups excluding carboxylic acids is 1. The van der Waals surface area contributed by atoms with E-state index in [0.29, 0.717) is 30.1 Å². The number of carbonyl (C=O) groups is 1. The van der Waals surface area contributed by atoms with E-state index in [1.165, 1.54) is 0 Å². The number of amides is 1. The summed E-state index contributed by atoms with van der Waals surface area (Å²) in [5, 5.41) is 9.28. The van der Waals surface area contributed by atoms with Crippen molar-refractivity contribution in [1.82, 2.24) is 20.1 Å². The maximum atomic E-state index is 12.3. The third-order valence-corrected chi connectivity index (χ3v) is 5.41. The van der Waals surface area contributed by atoms with E-state index in [1.807, 2.05) is 57.3 Å². The number of pyridine rings is 1. The Morgan fingerprint density at radius 3 is 2.42 bits per heavy atom. The van der Waals surface area contributed by atoms with Crippen LogP contribution in [0.1, 0.15) is 32.9 Å². The number of hydrogen-bond donors (Lipinski definition) is 0. The highest BCUT2D eigenvalue weighted by atomic mass is 16.6. The van der Waals surface area contributed by atoms with Gasteiger partial charge in [-0.25, -0.2) is 4.79 Å². The van der Waals surface area contributed by atoms with Crippen molar-refractivity contribution >= 4 is 22.6 Å². The fourth-order valence-corrected chi connectivity index (χ4v) is 3.75. The molecule has 1 aliphatic rings. The Bertz CT molecular complexity index is 1200. The van der Waals surface area contributed by atoms with Crippen LogP contribution >= 0.6 is 0 Å². The van der Waals surface area contributed by atoms with Crippen LogP contribution in [0.25, 0.3) is 27.6 Å². The molecule has 0 atom stereocenters. The number of benzene rings is 1. The average Bonchev–Trinajstić information content (AvgIpc) is 2.82. The van der Waals surface area contributed by atoms with Gasteiger partial charge in [0.05, 0.1) is 31.6 Å². The van der Waals surface area contributed by atoms with Gasteiger partial charge in [-0.2, -0.15) is 10.2 Å². The van der Waals surface area contributed by atoms with Gasteiger partial charge in [-0.1, -0.05) is 12.1 Å². The van der Waals surface area contributed by atoms with Crippen molar-refractivity contribution in [3.8, 4) is 22.6 Å². The minimum absolute atomic E-state index is 0.287. The maximum Gasteiger partial charge on any atom is 0.410 e. The van der Waals surface area contributed by atoms with Crippen LogP contribution in [0.3, 0.4) is 0 Å². The zero-order valence-corrected chi connectivity index (χ0v) is 19.6. The summed E-state index contributed by atoms with van der Waals surface area (Å²) >= 11 is 0. The first-order valence-corrected chi connectivity index (χ1v) is 10.8. The van der Waals surface area contributed by atoms with Crippen LogP contribution in [0, 0.1) is 0 Å². The largest absolute Gasteiger partial charge is 0.493 e. The lowest BCUT2D eigenvalue weighted by Crippen LogP contribution is -2.39. The molecular weight excluding hydrogens is 420 g/mol. The first-order chi connectivity index (χ1) is 15.8. The number of fused-ring (bicyclic) bond motifs is 1. The summed E-state index contributed by atoms with van der Waals surface area (Å²) in [6, 6.07) is 7.74. The normalized spacial score (nSPS) is 14.1. The van der Waals surface area contributed by atoms with E-state index in [2.05, 4.69) is 15.2 Å². The molecule has 8 nitrogen and oxygen atoms in total. The van der Waals surface area contributed by atoms with E-state index in [0.717, 1.165) is 34.2 Å². The van der Waals surface area contributed by atoms with Gasteiger partial charge >= 0.3 is 6.09 Å². The molecule has 0 unspecified atom stereocenters. The number of hydrogen-bond acceptors (Lipinski definition) is 7. The third-order valence-electron chi connectivity index (χ3n) is 5.41. The van der Waals surface area contributed by atoms with E-state index >= 15 is 0 Å². The summed E-state index contributed by atoms with van der Waals surface area (Å²) in [5.74, 6) is 1.24. The first-order valence-electron chi connectivity index (χ1n) is 10.8. The van der Waals surface area contributed by atoms with Crippen LogP contribution in [0.2, 0.25) is 0 Å². The summed E-state index contributed by atoms with van der Waals surface area (Å²) in [5.41, 5.74) is 4.07. The second-order valence-corrected chi connectivity index (χ2v) is 8.82. The first kappa shape index (κ1) is 22.5. The van der Waals surface area contributed by atoms with Gasteiger partial charge < -0.3 is 19.1 Å². The fraction of sp³-hybridized carbons (Fsp3) is 0.360. The van der Waals surface area contributed by atoms with Crippen molar-refractivity contribution < 1.29 is 19.0 Å². The van der Waals surface area contributed by atoms with Gasteiger partial charge in [0, 0.05) is 41.9 Å². The summed E-state index contributed by atoms with van der Waals surface area (Å²) in [6.07, 6.45) is 6.04. The van der Waals surface area contributed by atoms with Crippen molar-refractivity contribution in [2.24, 2.45) is 0 Å². The second kappa shape index (κ2) is 9.05. The van der Waals surface area contributed by atoms with Gasteiger partial charge in [0.1, 0.15) is 5.60 Å². The van der Waals surface area contributed by atoms with Crippen LogP contribution in [-0.2, 0) is 4.74 Å². The topological polar surface area (TPSA) is 86.7 Å². The van der Waals surface area contributed by atoms with Crippen molar-refractivity contribution in [2.75, 3.05) is 27.3 Å². The average molecular weight is 449 g/mol. The Morgan fingerprint density at radius 2 is 1.82 bits per heavy atom. The minimum Gasteiger partial charge on any atom is -0.493 e. The molecule has 0 radical (unpaired) electrons. The predicted octanol–water partition coefficient (Wildman–Crippen LogP) is 4.73. The molecule has 172 valence electrons. The van der Waals surface area contributed by atoms with E-state index in [4.69, 9.17) is 14.2 Å². The van der Waals surface area contributed by atoms with Crippen molar-refractivity contribution in [2.45, 2.75) is 32.8 Å². The van der Waals surface area contributed by atoms with Crippen molar-refractivity contribution in [3.05, 3.63) is 48.4 Å². The molecule has 0 N–H and O–H groups in total. The predicted molar refractivity (Wildman–Crippen MR) is 126 cm³/mol. The quantitative estimate of drug-likeness (QED) is 0.570. The van der Waals surface area contributed by atoms with Crippen LogP contribution in [0.5, 0.6) is 11.5 Å². The molecule has 3 heterocycles. The lowest BCUT2D eigenvalue weighted by molar-refractivity contribution is 0.0270. The number of rotatable bonds is 4. The summed E-state index contributed by atoms with van der Waals surface area (Å²) in [7, 11) is 3.20. The molecule has 0 saturated carbocycles. The molecule has 0 aliphatic carbocycles. The summed E-state index contributed by atoms with van der Waals surface area (Å²) < 4.78 is 16.3. The van der Waals surface area contributed by atoms with E-state index < -0.39 is 5.60 Å². The zero-order chi connectivity index (χ0) is 23.6. The van der Waals surface area contributed by atoms with Gasteiger partial charge in [-0.05, 0) is 44.9 Å². The molecule has 1 aromatic carbocycles. The Hall–Kier alpha value is -3.68. The van der Waals surface area contributed by atoms with E-state index in [-0.39, 0.29) is 6.09 Å². The Kier molecular flexibility index (Phi) is 6.18. The SMILES string of the molecule is COc1cc2nncc(-c3ccc(C4=CCN(C(=O)OC(C)(C)C)CC4)nc3)c2cc1OC. The Morgan fingerprint density at radius 1 is 1.06 bits per heavy atom. The summed E-state index contributed by atoms with van der Waals surface area (Å²) in [4.78, 5) is 18.7. The van der Waals surface area contributed by atoms with Crippen LogP contribution < -0.4 is 9.47 Å². The molecule has 0 saturated heterocycles. The van der Waals surface area contributed by atoms with Crippen LogP contribution in [0.4, 0.5) is 4.79 Å². The highest BCUT2D eigenvalue weighted by molar-refractivity contribution is 5.95. The molecule has 1 amide bonds. The summed E-state index contributed by atoms with van der Waals surface area (Å²) in [6.45, 7) is 6.72. The molecule has 4 rings (SSSR count). The van der Waals surface area contributed by atoms with Crippen LogP contribution in [0.15, 0.2) is 42.7 Å². The second-order valence-electron chi connectivity index (χ2n) is 8.82. The molecule has 3 aromatic rings. The minimum atomic E-state index is -0.500. The van der Waals surface area contributed by atoms with Crippen molar-refractivity contribution in [3.63, 3.8) is 0 Å². The number of ether oxygens (including phenoxy) is 3. The zero-order valence-electron chi connectivity index (χ0n) is 19.6. The molecule has 8 heteroatoms. The number of nitrogens with zero attached hydrogens (tertiary/aromatic N) is 4. The van der Waals surface area contributed by atoms with Gasteiger partial charge in [0.25, 0.3) is 0 Å². The molecule has 33 heavy (non-hydrogen) atoms. The Balaban J connectivity index is 1.56. The van der Waals surface area contributed by atoms with E-state index in [1.54, 1.807) is 25.3 Å². The monoisotopic (exact) mass is 448 g/mol. The fourth-order valence-electron chi connectivity index (χ4n) is 3.75. The van der Waals surface area contributed by atoms with Gasteiger partial charge in [-0.15, -0.1) is 0 Å². The molecule has 2 aromatic heterocycles. The molecule has 0 spiro atoms. The standard InChI is InChI=1S/C25H28N4O4/c1-25(2,3)33-24(30)29-10-8-16(9-11-29)20-7-6-17(14-26-20)19-15-27-28-21-13-23(32-5)22(31-4)12-18(19)21/h6-8,12-15H,9-11H2,1-5H3. The van der Waals surface area contributed by atoms with Gasteiger partial charge in [0.2, 0.25) is 0 Å². The third kappa shape index (κ3) is 4.89. The maximum absolute atomic E-state index is 12.3. The van der Waals surface area contributed by atoms with Gasteiger partial charge in [0.15, 0.2) is 11.5 Å². The van der Waals surface area contributed by atoms with Gasteiger partial charge in [-0.3, -0.25) is 4.98 Å². The van der Waals surface area contributed by atoms with Crippen molar-refractivity contribution in [1.29, 1.82) is 0 Å². The molecule has 0 fully saturated rings.